The van der Waals surface area contributed by atoms with Gasteiger partial charge < -0.3 is 0 Å². The summed E-state index contributed by atoms with van der Waals surface area (Å²) in [6.07, 6.45) is 6.15. The Balaban J connectivity index is 2.05. The van der Waals surface area contributed by atoms with E-state index in [2.05, 4.69) is 22.9 Å². The predicted molar refractivity (Wildman–Crippen MR) is 69.5 cm³/mol. The number of hydrogen-bond acceptors (Lipinski definition) is 0. The number of aryl methyl sites for hydroxylation is 1. The number of benzene rings is 1. The van der Waals surface area contributed by atoms with E-state index in [9.17, 15) is 4.39 Å². The number of halogens is 2. The van der Waals surface area contributed by atoms with Crippen molar-refractivity contribution in [2.45, 2.75) is 43.9 Å². The van der Waals surface area contributed by atoms with Crippen LogP contribution < -0.4 is 0 Å². The summed E-state index contributed by atoms with van der Waals surface area (Å²) in [6, 6.07) is 5.14. The molecule has 88 valence electrons. The van der Waals surface area contributed by atoms with Gasteiger partial charge in [0.15, 0.2) is 0 Å². The van der Waals surface area contributed by atoms with Crippen LogP contribution in [0.25, 0.3) is 0 Å². The van der Waals surface area contributed by atoms with Gasteiger partial charge in [0.25, 0.3) is 0 Å². The van der Waals surface area contributed by atoms with Crippen LogP contribution in [0.15, 0.2) is 18.2 Å². The molecule has 1 aromatic carbocycles. The fourth-order valence-corrected chi connectivity index (χ4v) is 3.43. The van der Waals surface area contributed by atoms with Gasteiger partial charge in [0.05, 0.1) is 0 Å². The molecule has 0 heterocycles. The zero-order chi connectivity index (χ0) is 11.5. The molecule has 1 aromatic rings. The lowest BCUT2D eigenvalue weighted by Crippen LogP contribution is -2.17. The highest BCUT2D eigenvalue weighted by Crippen LogP contribution is 2.31. The third-order valence-electron chi connectivity index (χ3n) is 3.54. The predicted octanol–water partition coefficient (Wildman–Crippen LogP) is 4.63. The standard InChI is InChI=1S/C14H18BrF/c1-10-5-6-14(16)9-12(10)7-11-3-2-4-13(15)8-11/h5-6,9,11,13H,2-4,7-8H2,1H3. The second-order valence-corrected chi connectivity index (χ2v) is 6.20. The van der Waals surface area contributed by atoms with E-state index < -0.39 is 0 Å². The van der Waals surface area contributed by atoms with E-state index >= 15 is 0 Å². The smallest absolute Gasteiger partial charge is 0.123 e. The fraction of sp³-hybridized carbons (Fsp3) is 0.571. The van der Waals surface area contributed by atoms with Crippen molar-refractivity contribution < 1.29 is 4.39 Å². The van der Waals surface area contributed by atoms with Gasteiger partial charge in [-0.25, -0.2) is 4.39 Å². The Labute approximate surface area is 105 Å². The number of hydrogen-bond donors (Lipinski definition) is 0. The van der Waals surface area contributed by atoms with Crippen LogP contribution in [0.4, 0.5) is 4.39 Å². The molecule has 0 nitrogen and oxygen atoms in total. The first-order valence-electron chi connectivity index (χ1n) is 6.04. The lowest BCUT2D eigenvalue weighted by atomic mass is 9.84. The SMILES string of the molecule is Cc1ccc(F)cc1CC1CCCC(Br)C1. The summed E-state index contributed by atoms with van der Waals surface area (Å²) in [5.41, 5.74) is 2.41. The number of alkyl halides is 1. The Bertz CT molecular complexity index is 362. The molecule has 0 N–H and O–H groups in total. The Morgan fingerprint density at radius 2 is 2.19 bits per heavy atom. The van der Waals surface area contributed by atoms with E-state index in [0.717, 1.165) is 12.3 Å². The molecular weight excluding hydrogens is 267 g/mol. The summed E-state index contributed by atoms with van der Waals surface area (Å²) in [4.78, 5) is 0.667. The average Bonchev–Trinajstić information content (AvgIpc) is 2.24. The van der Waals surface area contributed by atoms with Gasteiger partial charge in [-0.1, -0.05) is 34.8 Å². The maximum Gasteiger partial charge on any atom is 0.123 e. The Morgan fingerprint density at radius 1 is 1.38 bits per heavy atom. The zero-order valence-electron chi connectivity index (χ0n) is 9.68. The first kappa shape index (κ1) is 12.1. The minimum absolute atomic E-state index is 0.105. The van der Waals surface area contributed by atoms with E-state index in [4.69, 9.17) is 0 Å². The molecule has 1 fully saturated rings. The van der Waals surface area contributed by atoms with Gasteiger partial charge in [0.1, 0.15) is 5.82 Å². The van der Waals surface area contributed by atoms with E-state index in [-0.39, 0.29) is 5.82 Å². The van der Waals surface area contributed by atoms with Crippen molar-refractivity contribution in [1.82, 2.24) is 0 Å². The zero-order valence-corrected chi connectivity index (χ0v) is 11.3. The van der Waals surface area contributed by atoms with Crippen molar-refractivity contribution in [3.63, 3.8) is 0 Å². The maximum atomic E-state index is 13.2. The van der Waals surface area contributed by atoms with Gasteiger partial charge in [0, 0.05) is 4.83 Å². The molecule has 2 heteroatoms. The maximum absolute atomic E-state index is 13.2. The highest BCUT2D eigenvalue weighted by molar-refractivity contribution is 9.09. The topological polar surface area (TPSA) is 0 Å². The van der Waals surface area contributed by atoms with Crippen LogP contribution in [-0.4, -0.2) is 4.83 Å². The first-order chi connectivity index (χ1) is 7.65. The Kier molecular flexibility index (Phi) is 4.01. The molecule has 0 aromatic heterocycles. The summed E-state index contributed by atoms with van der Waals surface area (Å²) in [5.74, 6) is 0.616. The van der Waals surface area contributed by atoms with Crippen LogP contribution >= 0.6 is 15.9 Å². The van der Waals surface area contributed by atoms with E-state index in [1.165, 1.54) is 36.8 Å². The van der Waals surface area contributed by atoms with Crippen LogP contribution in [0.3, 0.4) is 0 Å². The van der Waals surface area contributed by atoms with Crippen molar-refractivity contribution in [2.24, 2.45) is 5.92 Å². The van der Waals surface area contributed by atoms with Crippen LogP contribution in [0.2, 0.25) is 0 Å². The van der Waals surface area contributed by atoms with Crippen molar-refractivity contribution in [3.05, 3.63) is 35.1 Å². The largest absolute Gasteiger partial charge is 0.207 e. The van der Waals surface area contributed by atoms with Gasteiger partial charge >= 0.3 is 0 Å². The summed E-state index contributed by atoms with van der Waals surface area (Å²) < 4.78 is 13.2. The molecular formula is C14H18BrF. The third-order valence-corrected chi connectivity index (χ3v) is 4.37. The van der Waals surface area contributed by atoms with Gasteiger partial charge in [0.2, 0.25) is 0 Å². The minimum Gasteiger partial charge on any atom is -0.207 e. The summed E-state index contributed by atoms with van der Waals surface area (Å²) in [6.45, 7) is 2.07. The van der Waals surface area contributed by atoms with Crippen molar-refractivity contribution in [2.75, 3.05) is 0 Å². The second kappa shape index (κ2) is 5.31. The molecule has 0 aliphatic heterocycles. The molecule has 2 unspecified atom stereocenters. The summed E-state index contributed by atoms with van der Waals surface area (Å²) >= 11 is 3.70. The molecule has 16 heavy (non-hydrogen) atoms. The molecule has 2 atom stereocenters. The van der Waals surface area contributed by atoms with E-state index in [0.29, 0.717) is 4.83 Å². The summed E-state index contributed by atoms with van der Waals surface area (Å²) in [5, 5.41) is 0. The first-order valence-corrected chi connectivity index (χ1v) is 6.96. The molecule has 1 saturated carbocycles. The second-order valence-electron chi connectivity index (χ2n) is 4.90. The highest BCUT2D eigenvalue weighted by Gasteiger charge is 2.20. The molecule has 1 aliphatic rings. The molecule has 0 amide bonds. The van der Waals surface area contributed by atoms with Crippen LogP contribution in [0.5, 0.6) is 0 Å². The lowest BCUT2D eigenvalue weighted by molar-refractivity contribution is 0.367. The molecule has 0 bridgehead atoms. The normalized spacial score (nSPS) is 25.7. The molecule has 1 aliphatic carbocycles. The third kappa shape index (κ3) is 3.07. The molecule has 0 spiro atoms. The highest BCUT2D eigenvalue weighted by atomic mass is 79.9. The van der Waals surface area contributed by atoms with Crippen LogP contribution in [-0.2, 0) is 6.42 Å². The molecule has 0 radical (unpaired) electrons. The van der Waals surface area contributed by atoms with Gasteiger partial charge in [-0.05, 0) is 55.4 Å². The van der Waals surface area contributed by atoms with E-state index in [1.807, 2.05) is 6.07 Å². The monoisotopic (exact) mass is 284 g/mol. The van der Waals surface area contributed by atoms with Gasteiger partial charge in [-0.3, -0.25) is 0 Å². The van der Waals surface area contributed by atoms with Crippen LogP contribution in [0, 0.1) is 18.7 Å². The van der Waals surface area contributed by atoms with Gasteiger partial charge in [-0.2, -0.15) is 0 Å². The molecule has 0 saturated heterocycles. The Morgan fingerprint density at radius 3 is 2.94 bits per heavy atom. The fourth-order valence-electron chi connectivity index (χ4n) is 2.58. The average molecular weight is 285 g/mol. The minimum atomic E-state index is -0.105. The van der Waals surface area contributed by atoms with E-state index in [1.54, 1.807) is 12.1 Å². The molecule has 2 rings (SSSR count). The lowest BCUT2D eigenvalue weighted by Gasteiger charge is -2.26. The number of rotatable bonds is 2. The van der Waals surface area contributed by atoms with Crippen molar-refractivity contribution in [1.29, 1.82) is 0 Å². The van der Waals surface area contributed by atoms with Crippen molar-refractivity contribution in [3.8, 4) is 0 Å². The quantitative estimate of drug-likeness (QED) is 0.695. The van der Waals surface area contributed by atoms with Gasteiger partial charge in [-0.15, -0.1) is 0 Å². The van der Waals surface area contributed by atoms with Crippen LogP contribution in [0.1, 0.15) is 36.8 Å². The summed E-state index contributed by atoms with van der Waals surface area (Å²) in [7, 11) is 0. The van der Waals surface area contributed by atoms with Crippen molar-refractivity contribution >= 4 is 15.9 Å². The Hall–Kier alpha value is -0.370.